The van der Waals surface area contributed by atoms with Crippen molar-refractivity contribution in [3.8, 4) is 10.6 Å². The maximum Gasteiger partial charge on any atom is 0.291 e. The van der Waals surface area contributed by atoms with Gasteiger partial charge in [-0.1, -0.05) is 48.0 Å². The highest BCUT2D eigenvalue weighted by Crippen LogP contribution is 2.27. The Balaban J connectivity index is 1.76. The van der Waals surface area contributed by atoms with Crippen molar-refractivity contribution in [1.29, 1.82) is 0 Å². The van der Waals surface area contributed by atoms with Gasteiger partial charge in [0.05, 0.1) is 11.2 Å². The average molecular weight is 374 g/mol. The molecule has 4 nitrogen and oxygen atoms in total. The SMILES string of the molecule is Cc1sc(-c2ccccc2)nc1C(=O)N/N=C\c1c(F)cccc1Cl. The van der Waals surface area contributed by atoms with E-state index in [4.69, 9.17) is 11.6 Å². The lowest BCUT2D eigenvalue weighted by atomic mass is 10.2. The van der Waals surface area contributed by atoms with Crippen LogP contribution < -0.4 is 5.43 Å². The highest BCUT2D eigenvalue weighted by atomic mass is 35.5. The molecule has 2 aromatic carbocycles. The number of rotatable bonds is 4. The first-order valence-corrected chi connectivity index (χ1v) is 8.56. The number of nitrogens with zero attached hydrogens (tertiary/aromatic N) is 2. The van der Waals surface area contributed by atoms with Gasteiger partial charge in [-0.2, -0.15) is 5.10 Å². The lowest BCUT2D eigenvalue weighted by Gasteiger charge is -2.00. The number of carbonyl (C=O) groups excluding carboxylic acids is 1. The molecule has 0 fully saturated rings. The summed E-state index contributed by atoms with van der Waals surface area (Å²) in [6, 6.07) is 13.9. The summed E-state index contributed by atoms with van der Waals surface area (Å²) in [7, 11) is 0. The first-order chi connectivity index (χ1) is 12.1. The summed E-state index contributed by atoms with van der Waals surface area (Å²) in [5.41, 5.74) is 3.71. The molecule has 1 N–H and O–H groups in total. The van der Waals surface area contributed by atoms with Gasteiger partial charge in [0.1, 0.15) is 16.5 Å². The van der Waals surface area contributed by atoms with Crippen LogP contribution in [-0.4, -0.2) is 17.1 Å². The molecule has 0 unspecified atom stereocenters. The molecule has 25 heavy (non-hydrogen) atoms. The molecule has 126 valence electrons. The fraction of sp³-hybridized carbons (Fsp3) is 0.0556. The van der Waals surface area contributed by atoms with Gasteiger partial charge in [0, 0.05) is 16.0 Å². The van der Waals surface area contributed by atoms with Crippen LogP contribution >= 0.6 is 22.9 Å². The molecule has 3 rings (SSSR count). The predicted molar refractivity (Wildman–Crippen MR) is 98.8 cm³/mol. The standard InChI is InChI=1S/C18H13ClFN3OS/c1-11-16(22-18(25-11)12-6-3-2-4-7-12)17(24)23-21-10-13-14(19)8-5-9-15(13)20/h2-10H,1H3,(H,23,24)/b21-10-. The van der Waals surface area contributed by atoms with E-state index in [0.717, 1.165) is 15.4 Å². The van der Waals surface area contributed by atoms with Crippen molar-refractivity contribution in [1.82, 2.24) is 10.4 Å². The molecule has 0 atom stereocenters. The lowest BCUT2D eigenvalue weighted by molar-refractivity contribution is 0.0950. The molecule has 1 aromatic heterocycles. The third kappa shape index (κ3) is 3.92. The van der Waals surface area contributed by atoms with Gasteiger partial charge < -0.3 is 0 Å². The molecular formula is C18H13ClFN3OS. The smallest absolute Gasteiger partial charge is 0.266 e. The first-order valence-electron chi connectivity index (χ1n) is 7.36. The molecule has 0 aliphatic carbocycles. The van der Waals surface area contributed by atoms with Gasteiger partial charge in [0.25, 0.3) is 5.91 Å². The summed E-state index contributed by atoms with van der Waals surface area (Å²) >= 11 is 7.33. The number of aryl methyl sites for hydroxylation is 1. The molecule has 0 radical (unpaired) electrons. The number of aromatic nitrogens is 1. The van der Waals surface area contributed by atoms with Crippen molar-refractivity contribution >= 4 is 35.1 Å². The molecule has 0 aliphatic rings. The fourth-order valence-electron chi connectivity index (χ4n) is 2.15. The van der Waals surface area contributed by atoms with E-state index in [1.165, 1.54) is 29.7 Å². The second-order valence-corrected chi connectivity index (χ2v) is 6.73. The molecule has 0 spiro atoms. The Hall–Kier alpha value is -2.57. The van der Waals surface area contributed by atoms with E-state index >= 15 is 0 Å². The number of thiazole rings is 1. The number of hydrogen-bond donors (Lipinski definition) is 1. The monoisotopic (exact) mass is 373 g/mol. The molecule has 7 heteroatoms. The Morgan fingerprint density at radius 2 is 2.00 bits per heavy atom. The third-order valence-electron chi connectivity index (χ3n) is 3.39. The molecule has 0 bridgehead atoms. The molecule has 1 heterocycles. The van der Waals surface area contributed by atoms with Crippen LogP contribution in [-0.2, 0) is 0 Å². The predicted octanol–water partition coefficient (Wildman–Crippen LogP) is 4.67. The molecule has 1 amide bonds. The lowest BCUT2D eigenvalue weighted by Crippen LogP contribution is -2.19. The van der Waals surface area contributed by atoms with E-state index in [1.54, 1.807) is 6.07 Å². The number of nitrogens with one attached hydrogen (secondary N) is 1. The second kappa shape index (κ2) is 7.55. The molecule has 0 saturated carbocycles. The summed E-state index contributed by atoms with van der Waals surface area (Å²) in [5, 5.41) is 4.75. The Kier molecular flexibility index (Phi) is 5.21. The van der Waals surface area contributed by atoms with Crippen molar-refractivity contribution < 1.29 is 9.18 Å². The zero-order chi connectivity index (χ0) is 17.8. The molecular weight excluding hydrogens is 361 g/mol. The van der Waals surface area contributed by atoms with Crippen LogP contribution in [0.15, 0.2) is 53.6 Å². The second-order valence-electron chi connectivity index (χ2n) is 5.12. The minimum absolute atomic E-state index is 0.115. The van der Waals surface area contributed by atoms with E-state index < -0.39 is 11.7 Å². The van der Waals surface area contributed by atoms with Crippen LogP contribution in [0.1, 0.15) is 20.9 Å². The number of halogens is 2. The van der Waals surface area contributed by atoms with Gasteiger partial charge in [-0.3, -0.25) is 4.79 Å². The highest BCUT2D eigenvalue weighted by Gasteiger charge is 2.16. The van der Waals surface area contributed by atoms with Crippen molar-refractivity contribution in [2.45, 2.75) is 6.92 Å². The normalized spacial score (nSPS) is 11.0. The van der Waals surface area contributed by atoms with Gasteiger partial charge in [-0.25, -0.2) is 14.8 Å². The number of hydrazone groups is 1. The summed E-state index contributed by atoms with van der Waals surface area (Å²) in [6.07, 6.45) is 1.18. The number of benzene rings is 2. The maximum absolute atomic E-state index is 13.7. The van der Waals surface area contributed by atoms with Crippen LogP contribution in [0.3, 0.4) is 0 Å². The van der Waals surface area contributed by atoms with Crippen LogP contribution in [0.5, 0.6) is 0 Å². The highest BCUT2D eigenvalue weighted by molar-refractivity contribution is 7.15. The molecule has 3 aromatic rings. The largest absolute Gasteiger partial charge is 0.291 e. The van der Waals surface area contributed by atoms with Gasteiger partial charge in [0.15, 0.2) is 0 Å². The zero-order valence-electron chi connectivity index (χ0n) is 13.2. The summed E-state index contributed by atoms with van der Waals surface area (Å²) in [6.45, 7) is 1.82. The zero-order valence-corrected chi connectivity index (χ0v) is 14.7. The van der Waals surface area contributed by atoms with E-state index in [0.29, 0.717) is 5.69 Å². The molecule has 0 saturated heterocycles. The first kappa shape index (κ1) is 17.3. The topological polar surface area (TPSA) is 54.4 Å². The number of amides is 1. The Bertz CT molecular complexity index is 920. The molecule has 0 aliphatic heterocycles. The summed E-state index contributed by atoms with van der Waals surface area (Å²) < 4.78 is 13.7. The Morgan fingerprint density at radius 3 is 2.72 bits per heavy atom. The van der Waals surface area contributed by atoms with Gasteiger partial charge >= 0.3 is 0 Å². The van der Waals surface area contributed by atoms with Crippen LogP contribution in [0.4, 0.5) is 4.39 Å². The minimum atomic E-state index is -0.512. The van der Waals surface area contributed by atoms with Gasteiger partial charge in [0.2, 0.25) is 0 Å². The third-order valence-corrected chi connectivity index (χ3v) is 4.74. The van der Waals surface area contributed by atoms with Crippen LogP contribution in [0.2, 0.25) is 5.02 Å². The van der Waals surface area contributed by atoms with E-state index in [1.807, 2.05) is 37.3 Å². The maximum atomic E-state index is 13.7. The van der Waals surface area contributed by atoms with E-state index in [9.17, 15) is 9.18 Å². The van der Waals surface area contributed by atoms with Crippen molar-refractivity contribution in [3.63, 3.8) is 0 Å². The van der Waals surface area contributed by atoms with E-state index in [2.05, 4.69) is 15.5 Å². The fourth-order valence-corrected chi connectivity index (χ4v) is 3.28. The van der Waals surface area contributed by atoms with Crippen molar-refractivity contribution in [2.75, 3.05) is 0 Å². The Morgan fingerprint density at radius 1 is 1.24 bits per heavy atom. The van der Waals surface area contributed by atoms with Gasteiger partial charge in [-0.05, 0) is 19.1 Å². The number of carbonyl (C=O) groups is 1. The minimum Gasteiger partial charge on any atom is -0.266 e. The van der Waals surface area contributed by atoms with Crippen molar-refractivity contribution in [3.05, 3.63) is 75.5 Å². The summed E-state index contributed by atoms with van der Waals surface area (Å²) in [5.74, 6) is -0.971. The van der Waals surface area contributed by atoms with Crippen molar-refractivity contribution in [2.24, 2.45) is 5.10 Å². The van der Waals surface area contributed by atoms with Gasteiger partial charge in [-0.15, -0.1) is 11.3 Å². The number of hydrogen-bond acceptors (Lipinski definition) is 4. The van der Waals surface area contributed by atoms with Crippen LogP contribution in [0, 0.1) is 12.7 Å². The van der Waals surface area contributed by atoms with E-state index in [-0.39, 0.29) is 10.6 Å². The average Bonchev–Trinajstić information content (AvgIpc) is 3.00. The van der Waals surface area contributed by atoms with Crippen LogP contribution in [0.25, 0.3) is 10.6 Å². The Labute approximate surface area is 153 Å². The summed E-state index contributed by atoms with van der Waals surface area (Å²) in [4.78, 5) is 17.4. The quantitative estimate of drug-likeness (QED) is 0.533.